The average molecular weight is 398 g/mol. The highest BCUT2D eigenvalue weighted by molar-refractivity contribution is 5.48. The van der Waals surface area contributed by atoms with E-state index in [1.54, 1.807) is 0 Å². The van der Waals surface area contributed by atoms with Crippen molar-refractivity contribution in [3.63, 3.8) is 0 Å². The van der Waals surface area contributed by atoms with E-state index in [0.717, 1.165) is 26.0 Å². The number of hydrogen-bond donors (Lipinski definition) is 4. The van der Waals surface area contributed by atoms with E-state index in [1.165, 1.54) is 0 Å². The molecule has 0 saturated heterocycles. The van der Waals surface area contributed by atoms with Gasteiger partial charge in [-0.15, -0.1) is 0 Å². The lowest BCUT2D eigenvalue weighted by molar-refractivity contribution is -0.0919. The Morgan fingerprint density at radius 1 is 0.778 bits per heavy atom. The number of alkyl halides is 6. The highest BCUT2D eigenvalue weighted by Gasteiger charge is 2.49. The zero-order valence-electron chi connectivity index (χ0n) is 14.5. The number of hydrogen-bond acceptors (Lipinski definition) is 4. The molecule has 0 spiro atoms. The van der Waals surface area contributed by atoms with Gasteiger partial charge in [0.05, 0.1) is 11.1 Å². The number of aliphatic hydroxyl groups is 2. The molecule has 6 N–H and O–H groups in total. The monoisotopic (exact) mass is 398 g/mol. The van der Waals surface area contributed by atoms with Gasteiger partial charge in [0.2, 0.25) is 0 Å². The molecule has 2 aliphatic carbocycles. The van der Waals surface area contributed by atoms with Crippen LogP contribution in [-0.2, 0) is 0 Å². The van der Waals surface area contributed by atoms with Crippen LogP contribution in [0.3, 0.4) is 0 Å². The maximum atomic E-state index is 13.5. The summed E-state index contributed by atoms with van der Waals surface area (Å²) < 4.78 is 80.8. The molecular formula is C17H20F6N2O2. The summed E-state index contributed by atoms with van der Waals surface area (Å²) in [7, 11) is 0. The molecule has 2 unspecified atom stereocenters. The van der Waals surface area contributed by atoms with Gasteiger partial charge in [0.15, 0.2) is 0 Å². The van der Waals surface area contributed by atoms with E-state index < -0.39 is 64.4 Å². The van der Waals surface area contributed by atoms with Crippen molar-refractivity contribution in [3.05, 3.63) is 46.6 Å². The van der Waals surface area contributed by atoms with Crippen molar-refractivity contribution < 1.29 is 36.6 Å². The van der Waals surface area contributed by atoms with Crippen molar-refractivity contribution >= 4 is 0 Å². The first-order chi connectivity index (χ1) is 11.9. The van der Waals surface area contributed by atoms with Gasteiger partial charge in [0.25, 0.3) is 0 Å². The fraction of sp³-hybridized carbons (Fsp3) is 0.529. The van der Waals surface area contributed by atoms with E-state index >= 15 is 0 Å². The lowest BCUT2D eigenvalue weighted by Crippen LogP contribution is -2.46. The van der Waals surface area contributed by atoms with Crippen LogP contribution in [-0.4, -0.2) is 34.0 Å². The largest absolute Gasteiger partial charge is 0.416 e. The Morgan fingerprint density at radius 3 is 1.33 bits per heavy atom. The molecule has 27 heavy (non-hydrogen) atoms. The number of rotatable bonds is 2. The van der Waals surface area contributed by atoms with Crippen LogP contribution >= 0.6 is 0 Å². The number of allylic oxidation sites excluding steroid dienone is 4. The van der Waals surface area contributed by atoms with Gasteiger partial charge in [0, 0.05) is 18.3 Å². The van der Waals surface area contributed by atoms with E-state index in [0.29, 0.717) is 12.2 Å². The second-order valence-corrected chi connectivity index (χ2v) is 7.41. The van der Waals surface area contributed by atoms with Crippen LogP contribution in [0.4, 0.5) is 26.3 Å². The molecule has 0 aliphatic heterocycles. The van der Waals surface area contributed by atoms with Gasteiger partial charge in [0.1, 0.15) is 11.4 Å². The molecule has 4 nitrogen and oxygen atoms in total. The van der Waals surface area contributed by atoms with Crippen LogP contribution in [0.25, 0.3) is 0 Å². The number of halogens is 6. The van der Waals surface area contributed by atoms with E-state index in [-0.39, 0.29) is 0 Å². The quantitative estimate of drug-likeness (QED) is 0.425. The zero-order chi connectivity index (χ0) is 21.1. The van der Waals surface area contributed by atoms with Crippen LogP contribution in [0.1, 0.15) is 26.7 Å². The summed E-state index contributed by atoms with van der Waals surface area (Å²) >= 11 is 0. The summed E-state index contributed by atoms with van der Waals surface area (Å²) in [6.07, 6.45) is -8.60. The molecular weight excluding hydrogens is 378 g/mol. The molecule has 0 bridgehead atoms. The summed E-state index contributed by atoms with van der Waals surface area (Å²) in [5.41, 5.74) is 1.45. The lowest BCUT2D eigenvalue weighted by atomic mass is 9.66. The van der Waals surface area contributed by atoms with Gasteiger partial charge in [-0.3, -0.25) is 0 Å². The van der Waals surface area contributed by atoms with Gasteiger partial charge in [-0.05, 0) is 35.5 Å². The lowest BCUT2D eigenvalue weighted by Gasteiger charge is -2.42. The Bertz CT molecular complexity index is 690. The molecule has 0 heterocycles. The predicted octanol–water partition coefficient (Wildman–Crippen LogP) is 2.94. The van der Waals surface area contributed by atoms with Crippen molar-refractivity contribution in [2.75, 3.05) is 0 Å². The van der Waals surface area contributed by atoms with Gasteiger partial charge in [-0.1, -0.05) is 13.8 Å². The summed E-state index contributed by atoms with van der Waals surface area (Å²) in [4.78, 5) is 0. The molecule has 0 saturated carbocycles. The molecule has 0 aromatic heterocycles. The molecule has 0 aromatic carbocycles. The SMILES string of the molecule is CC(C)(C1=C(C(F)(F)F)C=CC(N)(O)C1)C1=C(C(F)(F)F)C=CC(N)(O)C1. The van der Waals surface area contributed by atoms with E-state index in [9.17, 15) is 36.6 Å². The van der Waals surface area contributed by atoms with Crippen LogP contribution in [0.15, 0.2) is 46.6 Å². The smallest absolute Gasteiger partial charge is 0.372 e. The fourth-order valence-electron chi connectivity index (χ4n) is 3.36. The van der Waals surface area contributed by atoms with Crippen molar-refractivity contribution in [3.8, 4) is 0 Å². The second kappa shape index (κ2) is 6.20. The molecule has 0 fully saturated rings. The highest BCUT2D eigenvalue weighted by Crippen LogP contribution is 2.51. The predicted molar refractivity (Wildman–Crippen MR) is 85.7 cm³/mol. The molecule has 2 rings (SSSR count). The van der Waals surface area contributed by atoms with Crippen molar-refractivity contribution in [1.82, 2.24) is 0 Å². The first kappa shape index (κ1) is 21.7. The topological polar surface area (TPSA) is 92.5 Å². The van der Waals surface area contributed by atoms with Gasteiger partial charge < -0.3 is 21.7 Å². The minimum absolute atomic E-state index is 0.523. The third-order valence-electron chi connectivity index (χ3n) is 4.77. The standard InChI is InChI=1S/C17H20F6N2O2/c1-13(2,11-7-14(24,26)5-3-9(11)16(18,19)20)12-8-15(25,27)6-4-10(12)17(21,22)23/h3-6,26-27H,7-8,24-25H2,1-2H3. The van der Waals surface area contributed by atoms with Crippen LogP contribution in [0.2, 0.25) is 0 Å². The molecule has 0 radical (unpaired) electrons. The van der Waals surface area contributed by atoms with Crippen molar-refractivity contribution in [1.29, 1.82) is 0 Å². The Hall–Kier alpha value is -1.62. The Labute approximate surface area is 151 Å². The first-order valence-electron chi connectivity index (χ1n) is 7.89. The van der Waals surface area contributed by atoms with Gasteiger partial charge in [-0.2, -0.15) is 26.3 Å². The molecule has 152 valence electrons. The minimum Gasteiger partial charge on any atom is -0.372 e. The Balaban J connectivity index is 2.76. The van der Waals surface area contributed by atoms with Crippen LogP contribution < -0.4 is 11.5 Å². The van der Waals surface area contributed by atoms with E-state index in [4.69, 9.17) is 11.5 Å². The number of nitrogens with two attached hydrogens (primary N) is 2. The van der Waals surface area contributed by atoms with Crippen molar-refractivity contribution in [2.24, 2.45) is 16.9 Å². The third kappa shape index (κ3) is 4.45. The second-order valence-electron chi connectivity index (χ2n) is 7.41. The fourth-order valence-corrected chi connectivity index (χ4v) is 3.36. The zero-order valence-corrected chi connectivity index (χ0v) is 14.5. The summed E-state index contributed by atoms with van der Waals surface area (Å²) in [5, 5.41) is 20.0. The maximum Gasteiger partial charge on any atom is 0.416 e. The van der Waals surface area contributed by atoms with E-state index in [2.05, 4.69) is 0 Å². The van der Waals surface area contributed by atoms with Crippen LogP contribution in [0.5, 0.6) is 0 Å². The van der Waals surface area contributed by atoms with Gasteiger partial charge >= 0.3 is 12.4 Å². The average Bonchev–Trinajstić information content (AvgIpc) is 2.42. The Kier molecular flexibility index (Phi) is 4.97. The van der Waals surface area contributed by atoms with Gasteiger partial charge in [-0.25, -0.2) is 0 Å². The minimum atomic E-state index is -4.87. The molecule has 2 atom stereocenters. The summed E-state index contributed by atoms with van der Waals surface area (Å²) in [5.74, 6) is 0. The summed E-state index contributed by atoms with van der Waals surface area (Å²) in [6, 6.07) is 0. The molecule has 0 amide bonds. The normalized spacial score (nSPS) is 30.4. The first-order valence-corrected chi connectivity index (χ1v) is 7.89. The molecule has 2 aliphatic rings. The van der Waals surface area contributed by atoms with Crippen LogP contribution in [0, 0.1) is 5.41 Å². The van der Waals surface area contributed by atoms with E-state index in [1.807, 2.05) is 0 Å². The third-order valence-corrected chi connectivity index (χ3v) is 4.77. The summed E-state index contributed by atoms with van der Waals surface area (Å²) in [6.45, 7) is 2.30. The highest BCUT2D eigenvalue weighted by atomic mass is 19.4. The molecule has 10 heteroatoms. The molecule has 0 aromatic rings. The Morgan fingerprint density at radius 2 is 1.07 bits per heavy atom. The maximum absolute atomic E-state index is 13.5. The van der Waals surface area contributed by atoms with Crippen molar-refractivity contribution in [2.45, 2.75) is 50.5 Å².